The topological polar surface area (TPSA) is 0 Å². The molecule has 0 saturated heterocycles. The van der Waals surface area contributed by atoms with Crippen LogP contribution in [0.25, 0.3) is 0 Å². The van der Waals surface area contributed by atoms with Crippen molar-refractivity contribution < 1.29 is 0 Å². The second-order valence-electron chi connectivity index (χ2n) is 1.77. The summed E-state index contributed by atoms with van der Waals surface area (Å²) in [5, 5.41) is 0. The summed E-state index contributed by atoms with van der Waals surface area (Å²) in [6.07, 6.45) is 7.50. The van der Waals surface area contributed by atoms with Crippen LogP contribution in [-0.2, 0) is 0 Å². The molecule has 0 N–H and O–H groups in total. The molecule has 44 valence electrons. The monoisotopic (exact) mass is 232 g/mol. The van der Waals surface area contributed by atoms with Gasteiger partial charge in [0.25, 0.3) is 0 Å². The van der Waals surface area contributed by atoms with E-state index in [1.165, 1.54) is 32.1 Å². The Morgan fingerprint density at radius 3 is 1.00 bits per heavy atom. The summed E-state index contributed by atoms with van der Waals surface area (Å²) in [5.74, 6) is 0. The Morgan fingerprint density at radius 1 is 0.714 bits per heavy atom. The van der Waals surface area contributed by atoms with E-state index in [-0.39, 0.29) is 0 Å². The minimum atomic E-state index is 1.50. The van der Waals surface area contributed by atoms with Crippen molar-refractivity contribution in [1.82, 2.24) is 0 Å². The van der Waals surface area contributed by atoms with Gasteiger partial charge in [-0.25, -0.2) is 0 Å². The fourth-order valence-electron chi connectivity index (χ4n) is 0.884. The van der Waals surface area contributed by atoms with Gasteiger partial charge in [0, 0.05) is 0 Å². The van der Waals surface area contributed by atoms with Crippen LogP contribution in [0.15, 0.2) is 0 Å². The van der Waals surface area contributed by atoms with Crippen LogP contribution in [0.4, 0.5) is 0 Å². The van der Waals surface area contributed by atoms with E-state index in [2.05, 4.69) is 13.7 Å². The summed E-state index contributed by atoms with van der Waals surface area (Å²) in [7, 11) is 0. The van der Waals surface area contributed by atoms with Gasteiger partial charge in [-0.05, 0) is 0 Å². The summed E-state index contributed by atoms with van der Waals surface area (Å²) >= 11 is 4.50. The molecular formula is C5H12Se2. The SMILES string of the molecule is C1CCCC1.[Se]=[SeH2]. The first-order valence-corrected chi connectivity index (χ1v) is 8.01. The summed E-state index contributed by atoms with van der Waals surface area (Å²) < 4.78 is 0. The summed E-state index contributed by atoms with van der Waals surface area (Å²) in [4.78, 5) is 0. The molecule has 0 heterocycles. The number of hydrogen-bond donors (Lipinski definition) is 0. The van der Waals surface area contributed by atoms with Gasteiger partial charge < -0.3 is 0 Å². The van der Waals surface area contributed by atoms with Gasteiger partial charge in [0.15, 0.2) is 0 Å². The predicted molar refractivity (Wildman–Crippen MR) is 37.4 cm³/mol. The predicted octanol–water partition coefficient (Wildman–Crippen LogP) is 0.653. The second kappa shape index (κ2) is 7.04. The summed E-state index contributed by atoms with van der Waals surface area (Å²) in [6, 6.07) is 0. The van der Waals surface area contributed by atoms with Crippen LogP contribution < -0.4 is 0 Å². The molecule has 0 atom stereocenters. The Kier molecular flexibility index (Phi) is 8.08. The van der Waals surface area contributed by atoms with Crippen molar-refractivity contribution >= 4 is 27.3 Å². The Labute approximate surface area is 59.6 Å². The van der Waals surface area contributed by atoms with Crippen molar-refractivity contribution in [1.29, 1.82) is 0 Å². The summed E-state index contributed by atoms with van der Waals surface area (Å²) in [5.41, 5.74) is 0. The molecule has 1 fully saturated rings. The third-order valence-corrected chi connectivity index (χ3v) is 1.25. The van der Waals surface area contributed by atoms with E-state index in [1.54, 1.807) is 0 Å². The van der Waals surface area contributed by atoms with Crippen LogP contribution in [-0.4, -0.2) is 27.3 Å². The van der Waals surface area contributed by atoms with Crippen molar-refractivity contribution in [2.45, 2.75) is 32.1 Å². The molecule has 7 heavy (non-hydrogen) atoms. The quantitative estimate of drug-likeness (QED) is 0.536. The Bertz CT molecular complexity index is 25.5. The molecule has 0 aliphatic heterocycles. The van der Waals surface area contributed by atoms with Gasteiger partial charge in [0.1, 0.15) is 0 Å². The first kappa shape index (κ1) is 8.04. The van der Waals surface area contributed by atoms with E-state index >= 15 is 0 Å². The molecule has 0 aromatic rings. The zero-order chi connectivity index (χ0) is 5.54. The standard InChI is InChI=1S/C5H10.H2Se2/c1-2-4-5-3-1;1-2/h1-5H2;1H2. The van der Waals surface area contributed by atoms with Gasteiger partial charge in [0.05, 0.1) is 0 Å². The van der Waals surface area contributed by atoms with Crippen molar-refractivity contribution in [2.24, 2.45) is 0 Å². The molecule has 1 aliphatic rings. The van der Waals surface area contributed by atoms with Crippen molar-refractivity contribution in [3.05, 3.63) is 0 Å². The molecule has 1 rings (SSSR count). The molecule has 0 bridgehead atoms. The van der Waals surface area contributed by atoms with E-state index in [0.29, 0.717) is 0 Å². The molecule has 0 nitrogen and oxygen atoms in total. The van der Waals surface area contributed by atoms with Crippen LogP contribution in [0.3, 0.4) is 0 Å². The second-order valence-corrected chi connectivity index (χ2v) is 1.77. The van der Waals surface area contributed by atoms with Crippen LogP contribution in [0, 0.1) is 0 Å². The Balaban J connectivity index is 0.000000162. The van der Waals surface area contributed by atoms with Crippen LogP contribution >= 0.6 is 0 Å². The van der Waals surface area contributed by atoms with Gasteiger partial charge >= 0.3 is 27.3 Å². The maximum atomic E-state index is 2.62. The number of rotatable bonds is 0. The first-order chi connectivity index (χ1) is 3.50. The first-order valence-electron chi connectivity index (χ1n) is 2.70. The molecule has 0 unspecified atom stereocenters. The fourth-order valence-corrected chi connectivity index (χ4v) is 0.884. The zero-order valence-corrected chi connectivity index (χ0v) is 8.25. The zero-order valence-electron chi connectivity index (χ0n) is 4.44. The van der Waals surface area contributed by atoms with Gasteiger partial charge in [-0.15, -0.1) is 0 Å². The Morgan fingerprint density at radius 2 is 0.857 bits per heavy atom. The molecule has 2 heteroatoms. The van der Waals surface area contributed by atoms with E-state index in [0.717, 1.165) is 0 Å². The third-order valence-electron chi connectivity index (χ3n) is 1.25. The molecular weight excluding hydrogens is 218 g/mol. The van der Waals surface area contributed by atoms with Crippen molar-refractivity contribution in [2.75, 3.05) is 0 Å². The fraction of sp³-hybridized carbons (Fsp3) is 1.00. The molecule has 0 amide bonds. The van der Waals surface area contributed by atoms with Gasteiger partial charge in [-0.1, -0.05) is 32.1 Å². The molecule has 0 spiro atoms. The molecule has 0 aromatic carbocycles. The van der Waals surface area contributed by atoms with E-state index < -0.39 is 0 Å². The third kappa shape index (κ3) is 4.90. The maximum absolute atomic E-state index is 2.62. The molecule has 1 aliphatic carbocycles. The van der Waals surface area contributed by atoms with Gasteiger partial charge in [-0.3, -0.25) is 0 Å². The summed E-state index contributed by atoms with van der Waals surface area (Å²) in [6.45, 7) is 0. The molecule has 0 radical (unpaired) electrons. The minimum absolute atomic E-state index is 1.50. The van der Waals surface area contributed by atoms with E-state index in [4.69, 9.17) is 0 Å². The van der Waals surface area contributed by atoms with Gasteiger partial charge in [-0.2, -0.15) is 0 Å². The van der Waals surface area contributed by atoms with Crippen molar-refractivity contribution in [3.8, 4) is 0 Å². The number of hydrogen-bond acceptors (Lipinski definition) is 0. The normalized spacial score (nSPS) is 17.9. The van der Waals surface area contributed by atoms with Crippen LogP contribution in [0.5, 0.6) is 0 Å². The van der Waals surface area contributed by atoms with Crippen LogP contribution in [0.2, 0.25) is 0 Å². The average Bonchev–Trinajstić information content (AvgIpc) is 2.23. The van der Waals surface area contributed by atoms with E-state index in [9.17, 15) is 0 Å². The van der Waals surface area contributed by atoms with E-state index in [1.807, 2.05) is 13.7 Å². The average molecular weight is 230 g/mol. The Hall–Kier alpha value is 1.04. The van der Waals surface area contributed by atoms with Crippen molar-refractivity contribution in [3.63, 3.8) is 0 Å². The molecule has 0 aromatic heterocycles. The van der Waals surface area contributed by atoms with Gasteiger partial charge in [0.2, 0.25) is 0 Å². The molecule has 1 saturated carbocycles. The van der Waals surface area contributed by atoms with Crippen LogP contribution in [0.1, 0.15) is 32.1 Å².